The van der Waals surface area contributed by atoms with Gasteiger partial charge in [0.05, 0.1) is 5.69 Å². The van der Waals surface area contributed by atoms with Crippen molar-refractivity contribution in [1.82, 2.24) is 4.57 Å². The van der Waals surface area contributed by atoms with E-state index in [-0.39, 0.29) is 21.2 Å². The SMILES string of the molecule is Cn1cc(S(=O)(=O)Nc2ccsc2C(=O)O)cc1C(N)=O. The highest BCUT2D eigenvalue weighted by Crippen LogP contribution is 2.25. The summed E-state index contributed by atoms with van der Waals surface area (Å²) < 4.78 is 27.9. The zero-order valence-corrected chi connectivity index (χ0v) is 12.4. The van der Waals surface area contributed by atoms with Crippen LogP contribution in [0.5, 0.6) is 0 Å². The first-order valence-electron chi connectivity index (χ1n) is 5.52. The summed E-state index contributed by atoms with van der Waals surface area (Å²) in [4.78, 5) is 21.8. The van der Waals surface area contributed by atoms with Crippen molar-refractivity contribution in [2.24, 2.45) is 12.8 Å². The molecule has 0 saturated carbocycles. The van der Waals surface area contributed by atoms with Crippen LogP contribution in [0.25, 0.3) is 0 Å². The monoisotopic (exact) mass is 329 g/mol. The number of rotatable bonds is 5. The van der Waals surface area contributed by atoms with Crippen molar-refractivity contribution in [3.05, 3.63) is 34.3 Å². The van der Waals surface area contributed by atoms with Crippen molar-refractivity contribution in [2.75, 3.05) is 4.72 Å². The molecule has 8 nitrogen and oxygen atoms in total. The molecule has 0 radical (unpaired) electrons. The minimum atomic E-state index is -4.01. The minimum Gasteiger partial charge on any atom is -0.477 e. The van der Waals surface area contributed by atoms with Gasteiger partial charge in [-0.2, -0.15) is 0 Å². The van der Waals surface area contributed by atoms with Gasteiger partial charge in [-0.25, -0.2) is 13.2 Å². The van der Waals surface area contributed by atoms with Gasteiger partial charge >= 0.3 is 5.97 Å². The van der Waals surface area contributed by atoms with Gasteiger partial charge in [0.15, 0.2) is 0 Å². The molecule has 2 rings (SSSR count). The number of primary amides is 1. The molecule has 4 N–H and O–H groups in total. The number of anilines is 1. The van der Waals surface area contributed by atoms with Crippen LogP contribution in [-0.2, 0) is 17.1 Å². The molecule has 1 amide bonds. The second kappa shape index (κ2) is 5.22. The third-order valence-electron chi connectivity index (χ3n) is 2.65. The number of amides is 1. The predicted molar refractivity (Wildman–Crippen MR) is 76.0 cm³/mol. The van der Waals surface area contributed by atoms with Crippen LogP contribution in [-0.4, -0.2) is 30.0 Å². The lowest BCUT2D eigenvalue weighted by Gasteiger charge is -2.05. The molecule has 0 saturated heterocycles. The highest BCUT2D eigenvalue weighted by Gasteiger charge is 2.22. The maximum absolute atomic E-state index is 12.2. The molecule has 2 heterocycles. The van der Waals surface area contributed by atoms with Crippen molar-refractivity contribution in [1.29, 1.82) is 0 Å². The molecule has 0 fully saturated rings. The Balaban J connectivity index is 2.39. The third-order valence-corrected chi connectivity index (χ3v) is 4.88. The lowest BCUT2D eigenvalue weighted by molar-refractivity contribution is 0.0703. The van der Waals surface area contributed by atoms with Crippen LogP contribution >= 0.6 is 11.3 Å². The van der Waals surface area contributed by atoms with E-state index >= 15 is 0 Å². The molecular formula is C11H11N3O5S2. The lowest BCUT2D eigenvalue weighted by atomic mass is 10.4. The van der Waals surface area contributed by atoms with E-state index in [0.29, 0.717) is 0 Å². The average Bonchev–Trinajstić information content (AvgIpc) is 2.95. The first kappa shape index (κ1) is 15.1. The second-order valence-electron chi connectivity index (χ2n) is 4.11. The molecule has 2 aromatic heterocycles. The number of carboxylic acids is 1. The highest BCUT2D eigenvalue weighted by molar-refractivity contribution is 7.92. The molecule has 0 aliphatic heterocycles. The summed E-state index contributed by atoms with van der Waals surface area (Å²) in [5.74, 6) is -1.99. The summed E-state index contributed by atoms with van der Waals surface area (Å²) in [6.07, 6.45) is 1.22. The summed E-state index contributed by atoms with van der Waals surface area (Å²) in [7, 11) is -2.53. The number of carboxylic acid groups (broad SMARTS) is 1. The average molecular weight is 329 g/mol. The summed E-state index contributed by atoms with van der Waals surface area (Å²) in [5, 5.41) is 10.4. The van der Waals surface area contributed by atoms with Crippen LogP contribution in [0.15, 0.2) is 28.6 Å². The van der Waals surface area contributed by atoms with Crippen LogP contribution in [0.1, 0.15) is 20.2 Å². The van der Waals surface area contributed by atoms with Gasteiger partial charge in [-0.05, 0) is 17.5 Å². The van der Waals surface area contributed by atoms with Gasteiger partial charge in [0, 0.05) is 13.2 Å². The fraction of sp³-hybridized carbons (Fsp3) is 0.0909. The fourth-order valence-electron chi connectivity index (χ4n) is 1.69. The normalized spacial score (nSPS) is 11.3. The standard InChI is InChI=1S/C11H11N3O5S2/c1-14-5-6(4-8(14)10(12)15)21(18,19)13-7-2-3-20-9(7)11(16)17/h2-5,13H,1H3,(H2,12,15)(H,16,17). The Bertz CT molecular complexity index is 819. The number of thiophene rings is 1. The molecule has 0 aliphatic carbocycles. The van der Waals surface area contributed by atoms with E-state index in [4.69, 9.17) is 10.8 Å². The van der Waals surface area contributed by atoms with Crippen LogP contribution in [0.2, 0.25) is 0 Å². The Morgan fingerprint density at radius 1 is 1.43 bits per heavy atom. The van der Waals surface area contributed by atoms with E-state index in [9.17, 15) is 18.0 Å². The lowest BCUT2D eigenvalue weighted by Crippen LogP contribution is -2.15. The second-order valence-corrected chi connectivity index (χ2v) is 6.71. The van der Waals surface area contributed by atoms with Crippen molar-refractivity contribution >= 4 is 38.9 Å². The largest absolute Gasteiger partial charge is 0.477 e. The fourth-order valence-corrected chi connectivity index (χ4v) is 3.58. The van der Waals surface area contributed by atoms with Crippen molar-refractivity contribution < 1.29 is 23.1 Å². The number of aryl methyl sites for hydroxylation is 1. The Morgan fingerprint density at radius 3 is 2.62 bits per heavy atom. The molecule has 21 heavy (non-hydrogen) atoms. The van der Waals surface area contributed by atoms with E-state index in [1.807, 2.05) is 0 Å². The quantitative estimate of drug-likeness (QED) is 0.742. The molecule has 0 unspecified atom stereocenters. The van der Waals surface area contributed by atoms with Crippen LogP contribution < -0.4 is 10.5 Å². The number of aromatic carboxylic acids is 1. The highest BCUT2D eigenvalue weighted by atomic mass is 32.2. The zero-order valence-electron chi connectivity index (χ0n) is 10.7. The van der Waals surface area contributed by atoms with Gasteiger partial charge in [0.25, 0.3) is 15.9 Å². The zero-order chi connectivity index (χ0) is 15.8. The maximum Gasteiger partial charge on any atom is 0.348 e. The van der Waals surface area contributed by atoms with Crippen molar-refractivity contribution in [2.45, 2.75) is 4.90 Å². The van der Waals surface area contributed by atoms with E-state index in [1.54, 1.807) is 0 Å². The number of carbonyl (C=O) groups is 2. The Hall–Kier alpha value is -2.33. The first-order valence-corrected chi connectivity index (χ1v) is 7.88. The van der Waals surface area contributed by atoms with Gasteiger partial charge in [-0.15, -0.1) is 11.3 Å². The smallest absolute Gasteiger partial charge is 0.348 e. The molecule has 2 aromatic rings. The molecular weight excluding hydrogens is 318 g/mol. The van der Waals surface area contributed by atoms with Gasteiger partial charge in [0.1, 0.15) is 15.5 Å². The Kier molecular flexibility index (Phi) is 3.75. The van der Waals surface area contributed by atoms with Crippen LogP contribution in [0.4, 0.5) is 5.69 Å². The number of nitrogens with two attached hydrogens (primary N) is 1. The summed E-state index contributed by atoms with van der Waals surface area (Å²) in [6, 6.07) is 2.47. The number of nitrogens with one attached hydrogen (secondary N) is 1. The molecule has 10 heteroatoms. The molecule has 0 spiro atoms. The Morgan fingerprint density at radius 2 is 2.10 bits per heavy atom. The van der Waals surface area contributed by atoms with Crippen LogP contribution in [0.3, 0.4) is 0 Å². The van der Waals surface area contributed by atoms with E-state index in [1.165, 1.54) is 29.3 Å². The van der Waals surface area contributed by atoms with E-state index in [2.05, 4.69) is 4.72 Å². The van der Waals surface area contributed by atoms with Crippen molar-refractivity contribution in [3.63, 3.8) is 0 Å². The number of carbonyl (C=O) groups excluding carboxylic acids is 1. The molecule has 112 valence electrons. The number of hydrogen-bond acceptors (Lipinski definition) is 5. The molecule has 0 aromatic carbocycles. The van der Waals surface area contributed by atoms with Gasteiger partial charge in [0.2, 0.25) is 0 Å². The number of nitrogens with zero attached hydrogens (tertiary/aromatic N) is 1. The van der Waals surface area contributed by atoms with Gasteiger partial charge in [-0.3, -0.25) is 9.52 Å². The molecule has 0 atom stereocenters. The van der Waals surface area contributed by atoms with Gasteiger partial charge in [-0.1, -0.05) is 0 Å². The minimum absolute atomic E-state index is 0.0270. The topological polar surface area (TPSA) is 131 Å². The predicted octanol–water partition coefficient (Wildman–Crippen LogP) is 0.685. The maximum atomic E-state index is 12.2. The first-order chi connectivity index (χ1) is 9.72. The molecule has 0 bridgehead atoms. The van der Waals surface area contributed by atoms with Crippen molar-refractivity contribution in [3.8, 4) is 0 Å². The van der Waals surface area contributed by atoms with Gasteiger partial charge < -0.3 is 15.4 Å². The third kappa shape index (κ3) is 2.90. The van der Waals surface area contributed by atoms with Crippen LogP contribution in [0, 0.1) is 0 Å². The van der Waals surface area contributed by atoms with E-state index < -0.39 is 21.9 Å². The summed E-state index contributed by atoms with van der Waals surface area (Å²) in [6.45, 7) is 0. The summed E-state index contributed by atoms with van der Waals surface area (Å²) in [5.41, 5.74) is 5.12. The summed E-state index contributed by atoms with van der Waals surface area (Å²) >= 11 is 0.901. The number of aromatic nitrogens is 1. The number of hydrogen-bond donors (Lipinski definition) is 3. The molecule has 0 aliphatic rings. The van der Waals surface area contributed by atoms with E-state index in [0.717, 1.165) is 17.4 Å². The Labute approximate surface area is 123 Å². The number of sulfonamides is 1.